The van der Waals surface area contributed by atoms with E-state index in [1.54, 1.807) is 6.20 Å². The monoisotopic (exact) mass is 436 g/mol. The molecule has 0 aliphatic rings. The van der Waals surface area contributed by atoms with E-state index in [1.165, 1.54) is 0 Å². The molecule has 2 atom stereocenters. The van der Waals surface area contributed by atoms with Gasteiger partial charge in [0.25, 0.3) is 0 Å². The summed E-state index contributed by atoms with van der Waals surface area (Å²) in [4.78, 5) is 4.43. The van der Waals surface area contributed by atoms with Crippen LogP contribution in [-0.4, -0.2) is 17.1 Å². The number of fused-ring (bicyclic) bond motifs is 1. The van der Waals surface area contributed by atoms with E-state index in [2.05, 4.69) is 11.1 Å². The number of aromatic nitrogens is 1. The van der Waals surface area contributed by atoms with Gasteiger partial charge in [-0.05, 0) is 54.8 Å². The maximum Gasteiger partial charge on any atom is 0.0991 e. The van der Waals surface area contributed by atoms with Gasteiger partial charge in [0.15, 0.2) is 0 Å². The first-order valence-electron chi connectivity index (χ1n) is 8.47. The first kappa shape index (κ1) is 24.2. The van der Waals surface area contributed by atoms with E-state index in [1.807, 2.05) is 55.5 Å². The Balaban J connectivity index is 0.00000196. The van der Waals surface area contributed by atoms with Gasteiger partial charge in [0.2, 0.25) is 0 Å². The Kier molecular flexibility index (Phi) is 8.69. The molecule has 1 heterocycles. The molecule has 0 saturated carbocycles. The van der Waals surface area contributed by atoms with Gasteiger partial charge in [-0.2, -0.15) is 5.26 Å². The van der Waals surface area contributed by atoms with Gasteiger partial charge in [-0.3, -0.25) is 4.98 Å². The van der Waals surface area contributed by atoms with E-state index in [-0.39, 0.29) is 30.7 Å². The van der Waals surface area contributed by atoms with Crippen molar-refractivity contribution in [3.8, 4) is 6.07 Å². The van der Waals surface area contributed by atoms with Crippen LogP contribution in [0.1, 0.15) is 29.5 Å². The molecule has 2 aromatic carbocycles. The number of benzene rings is 2. The highest BCUT2D eigenvalue weighted by Crippen LogP contribution is 2.34. The fourth-order valence-corrected chi connectivity index (χ4v) is 3.41. The third-order valence-electron chi connectivity index (χ3n) is 4.87. The third-order valence-corrected chi connectivity index (χ3v) is 5.11. The fourth-order valence-electron chi connectivity index (χ4n) is 3.24. The molecule has 4 N–H and O–H groups in total. The predicted octanol–water partition coefficient (Wildman–Crippen LogP) is 4.61. The van der Waals surface area contributed by atoms with Crippen LogP contribution in [0.3, 0.4) is 0 Å². The van der Waals surface area contributed by atoms with Gasteiger partial charge in [0, 0.05) is 34.6 Å². The lowest BCUT2D eigenvalue weighted by atomic mass is 9.76. The van der Waals surface area contributed by atoms with Crippen molar-refractivity contribution in [2.24, 2.45) is 11.5 Å². The number of nitriles is 1. The highest BCUT2D eigenvalue weighted by Gasteiger charge is 2.31. The summed E-state index contributed by atoms with van der Waals surface area (Å²) >= 11 is 6.12. The number of rotatable bonds is 5. The molecule has 148 valence electrons. The molecule has 0 aliphatic heterocycles. The molecule has 1 aromatic heterocycles. The van der Waals surface area contributed by atoms with Crippen molar-refractivity contribution in [3.05, 3.63) is 76.4 Å². The zero-order valence-corrected chi connectivity index (χ0v) is 17.8. The Morgan fingerprint density at radius 1 is 1.14 bits per heavy atom. The molecular formula is C21H23Cl3N4. The number of hydrogen-bond donors (Lipinski definition) is 2. The Bertz CT molecular complexity index is 966. The van der Waals surface area contributed by atoms with Crippen LogP contribution in [-0.2, 0) is 6.42 Å². The number of pyridine rings is 1. The summed E-state index contributed by atoms with van der Waals surface area (Å²) in [7, 11) is 0. The maximum absolute atomic E-state index is 8.99. The fraction of sp³-hybridized carbons (Fsp3) is 0.238. The largest absolute Gasteiger partial charge is 0.329 e. The van der Waals surface area contributed by atoms with Crippen molar-refractivity contribution >= 4 is 47.3 Å². The molecule has 4 nitrogen and oxygen atoms in total. The third kappa shape index (κ3) is 5.14. The van der Waals surface area contributed by atoms with Crippen LogP contribution in [0.4, 0.5) is 0 Å². The quantitative estimate of drug-likeness (QED) is 0.610. The van der Waals surface area contributed by atoms with Gasteiger partial charge in [-0.1, -0.05) is 29.8 Å². The van der Waals surface area contributed by atoms with E-state index < -0.39 is 5.54 Å². The lowest BCUT2D eigenvalue weighted by Crippen LogP contribution is -2.50. The van der Waals surface area contributed by atoms with Crippen LogP contribution in [0.5, 0.6) is 0 Å². The topological polar surface area (TPSA) is 88.7 Å². The van der Waals surface area contributed by atoms with E-state index in [4.69, 9.17) is 28.3 Å². The zero-order chi connectivity index (χ0) is 18.7. The molecule has 0 amide bonds. The molecule has 0 fully saturated rings. The van der Waals surface area contributed by atoms with Crippen molar-refractivity contribution < 1.29 is 0 Å². The summed E-state index contributed by atoms with van der Waals surface area (Å²) in [5, 5.41) is 10.7. The molecule has 0 saturated heterocycles. The molecule has 3 rings (SSSR count). The molecule has 7 heteroatoms. The molecular weight excluding hydrogens is 415 g/mol. The van der Waals surface area contributed by atoms with Gasteiger partial charge in [0.1, 0.15) is 0 Å². The second-order valence-electron chi connectivity index (χ2n) is 6.84. The van der Waals surface area contributed by atoms with Gasteiger partial charge < -0.3 is 11.5 Å². The molecule has 0 radical (unpaired) electrons. The molecule has 0 bridgehead atoms. The lowest BCUT2D eigenvalue weighted by Gasteiger charge is -2.34. The van der Waals surface area contributed by atoms with Crippen molar-refractivity contribution in [2.45, 2.75) is 24.8 Å². The van der Waals surface area contributed by atoms with Crippen molar-refractivity contribution in [1.82, 2.24) is 4.98 Å². The van der Waals surface area contributed by atoms with Gasteiger partial charge in [-0.25, -0.2) is 0 Å². The molecule has 3 aromatic rings. The van der Waals surface area contributed by atoms with Gasteiger partial charge >= 0.3 is 0 Å². The second-order valence-corrected chi connectivity index (χ2v) is 7.27. The summed E-state index contributed by atoms with van der Waals surface area (Å²) < 4.78 is 0. The summed E-state index contributed by atoms with van der Waals surface area (Å²) in [5.41, 5.74) is 15.7. The standard InChI is InChI=1S/C21H21ClN4.2ClH/c1-21(25,13-24)19(10-14-2-4-15(12-23)5-3-14)17-8-9-26-20-11-16(22)6-7-18(17)20;;/h2-9,11,19H,10,13,24-25H2,1H3;2*1H. The van der Waals surface area contributed by atoms with Crippen LogP contribution in [0.25, 0.3) is 10.9 Å². The Labute approximate surface area is 182 Å². The van der Waals surface area contributed by atoms with Crippen molar-refractivity contribution in [2.75, 3.05) is 6.54 Å². The minimum Gasteiger partial charge on any atom is -0.329 e. The Morgan fingerprint density at radius 3 is 2.43 bits per heavy atom. The molecule has 2 unspecified atom stereocenters. The zero-order valence-electron chi connectivity index (χ0n) is 15.4. The normalized spacial score (nSPS) is 13.5. The Hall–Kier alpha value is -1.87. The number of halogens is 3. The smallest absolute Gasteiger partial charge is 0.0991 e. The lowest BCUT2D eigenvalue weighted by molar-refractivity contribution is 0.384. The van der Waals surface area contributed by atoms with Crippen LogP contribution in [0, 0.1) is 11.3 Å². The Morgan fingerprint density at radius 2 is 1.82 bits per heavy atom. The highest BCUT2D eigenvalue weighted by atomic mass is 35.5. The first-order valence-corrected chi connectivity index (χ1v) is 8.84. The average molecular weight is 438 g/mol. The van der Waals surface area contributed by atoms with Crippen LogP contribution in [0.15, 0.2) is 54.7 Å². The van der Waals surface area contributed by atoms with Crippen molar-refractivity contribution in [3.63, 3.8) is 0 Å². The summed E-state index contributed by atoms with van der Waals surface area (Å²) in [5.74, 6) is -0.00730. The maximum atomic E-state index is 8.99. The average Bonchev–Trinajstić information content (AvgIpc) is 2.65. The summed E-state index contributed by atoms with van der Waals surface area (Å²) in [6.45, 7) is 2.33. The van der Waals surface area contributed by atoms with E-state index >= 15 is 0 Å². The highest BCUT2D eigenvalue weighted by molar-refractivity contribution is 6.31. The summed E-state index contributed by atoms with van der Waals surface area (Å²) in [6, 6.07) is 17.5. The minimum atomic E-state index is -0.595. The van der Waals surface area contributed by atoms with Crippen LogP contribution in [0.2, 0.25) is 5.02 Å². The SMILES string of the molecule is CC(N)(CN)C(Cc1ccc(C#N)cc1)c1ccnc2cc(Cl)ccc12.Cl.Cl. The molecule has 28 heavy (non-hydrogen) atoms. The van der Waals surface area contributed by atoms with E-state index in [0.29, 0.717) is 17.1 Å². The molecule has 0 spiro atoms. The van der Waals surface area contributed by atoms with Crippen LogP contribution >= 0.6 is 36.4 Å². The minimum absolute atomic E-state index is 0. The van der Waals surface area contributed by atoms with Crippen molar-refractivity contribution in [1.29, 1.82) is 5.26 Å². The van der Waals surface area contributed by atoms with Crippen LogP contribution < -0.4 is 11.5 Å². The van der Waals surface area contributed by atoms with Gasteiger partial charge in [-0.15, -0.1) is 24.8 Å². The van der Waals surface area contributed by atoms with E-state index in [9.17, 15) is 0 Å². The number of nitrogens with zero attached hydrogens (tertiary/aromatic N) is 2. The second kappa shape index (κ2) is 10.1. The summed E-state index contributed by atoms with van der Waals surface area (Å²) in [6.07, 6.45) is 2.50. The number of hydrogen-bond acceptors (Lipinski definition) is 4. The van der Waals surface area contributed by atoms with E-state index in [0.717, 1.165) is 28.5 Å². The van der Waals surface area contributed by atoms with Gasteiger partial charge in [0.05, 0.1) is 17.1 Å². The first-order chi connectivity index (χ1) is 12.4. The predicted molar refractivity (Wildman–Crippen MR) is 120 cm³/mol. The molecule has 0 aliphatic carbocycles. The number of nitrogens with two attached hydrogens (primary N) is 2.